The van der Waals surface area contributed by atoms with Crippen molar-refractivity contribution in [3.8, 4) is 11.3 Å². The van der Waals surface area contributed by atoms with E-state index in [1.807, 2.05) is 18.0 Å². The van der Waals surface area contributed by atoms with Crippen molar-refractivity contribution >= 4 is 16.8 Å². The Morgan fingerprint density at radius 3 is 2.46 bits per heavy atom. The first-order valence-corrected chi connectivity index (χ1v) is 13.3. The lowest BCUT2D eigenvalue weighted by Crippen LogP contribution is -2.34. The molecule has 4 bridgehead atoms. The molecule has 198 valence electrons. The second-order valence-electron chi connectivity index (χ2n) is 10.5. The molecule has 0 radical (unpaired) electrons. The van der Waals surface area contributed by atoms with Gasteiger partial charge in [0.25, 0.3) is 5.91 Å². The highest BCUT2D eigenvalue weighted by Crippen LogP contribution is 2.30. The molecule has 39 heavy (non-hydrogen) atoms. The molecule has 1 aliphatic heterocycles. The van der Waals surface area contributed by atoms with Crippen molar-refractivity contribution in [1.29, 1.82) is 0 Å². The van der Waals surface area contributed by atoms with Crippen LogP contribution < -0.4 is 0 Å². The first kappa shape index (κ1) is 25.1. The average Bonchev–Trinajstić information content (AvgIpc) is 3.52. The van der Waals surface area contributed by atoms with Gasteiger partial charge < -0.3 is 18.9 Å². The van der Waals surface area contributed by atoms with Crippen molar-refractivity contribution in [3.05, 3.63) is 114 Å². The molecule has 0 fully saturated rings. The number of fused-ring (bicyclic) bond motifs is 8. The molecule has 2 aromatic heterocycles. The quantitative estimate of drug-likeness (QED) is 0.292. The van der Waals surface area contributed by atoms with Crippen molar-refractivity contribution < 1.29 is 9.18 Å². The summed E-state index contributed by atoms with van der Waals surface area (Å²) in [6.45, 7) is 3.30. The number of nitrogens with zero attached hydrogens (tertiary/aromatic N) is 5. The number of hydrogen-bond acceptors (Lipinski definition) is 3. The molecule has 0 saturated heterocycles. The van der Waals surface area contributed by atoms with E-state index in [2.05, 4.69) is 76.1 Å². The molecular weight excluding hydrogens is 489 g/mol. The van der Waals surface area contributed by atoms with E-state index in [1.165, 1.54) is 17.2 Å². The zero-order valence-electron chi connectivity index (χ0n) is 22.3. The topological polar surface area (TPSA) is 46.3 Å². The Labute approximate surface area is 227 Å². The molecule has 1 aliphatic rings. The van der Waals surface area contributed by atoms with Gasteiger partial charge in [-0.15, -0.1) is 0 Å². The maximum atomic E-state index is 14.2. The fourth-order valence-electron chi connectivity index (χ4n) is 5.56. The third-order valence-electron chi connectivity index (χ3n) is 7.60. The standard InChI is InChI=1S/C32H32FN5O/c1-35-12-11-23-5-4-8-26(16-23)30-18-27-17-28(33)9-10-29(27)38(30)14-13-37(32(39)31-19-34-22-36(31)2)21-25-7-3-6-24(15-25)20-35/h3-10,15-19,22H,11-14,20-21H2,1-2H3. The van der Waals surface area contributed by atoms with Gasteiger partial charge in [-0.1, -0.05) is 42.5 Å². The number of carbonyl (C=O) groups excluding carboxylic acids is 1. The second kappa shape index (κ2) is 10.5. The van der Waals surface area contributed by atoms with Gasteiger partial charge in [-0.2, -0.15) is 0 Å². The van der Waals surface area contributed by atoms with Crippen LogP contribution in [0.2, 0.25) is 0 Å². The lowest BCUT2D eigenvalue weighted by Gasteiger charge is -2.25. The zero-order valence-corrected chi connectivity index (χ0v) is 22.3. The van der Waals surface area contributed by atoms with Crippen molar-refractivity contribution in [2.45, 2.75) is 26.1 Å². The summed E-state index contributed by atoms with van der Waals surface area (Å²) in [5.41, 5.74) is 7.19. The van der Waals surface area contributed by atoms with Crippen LogP contribution in [0.4, 0.5) is 4.39 Å². The van der Waals surface area contributed by atoms with Crippen molar-refractivity contribution in [2.75, 3.05) is 20.1 Å². The summed E-state index contributed by atoms with van der Waals surface area (Å²) in [4.78, 5) is 22.2. The summed E-state index contributed by atoms with van der Waals surface area (Å²) in [5, 5.41) is 0.852. The fraction of sp³-hybridized carbons (Fsp3) is 0.250. The first-order valence-electron chi connectivity index (χ1n) is 13.3. The molecular formula is C32H32FN5O. The predicted octanol–water partition coefficient (Wildman–Crippen LogP) is 5.51. The number of benzene rings is 3. The Kier molecular flexibility index (Phi) is 6.75. The number of aromatic nitrogens is 3. The molecule has 7 heteroatoms. The van der Waals surface area contributed by atoms with Crippen LogP contribution in [0.5, 0.6) is 0 Å². The molecule has 0 saturated carbocycles. The van der Waals surface area contributed by atoms with Gasteiger partial charge in [0, 0.05) is 56.4 Å². The molecule has 0 aliphatic carbocycles. The van der Waals surface area contributed by atoms with E-state index in [4.69, 9.17) is 0 Å². The summed E-state index contributed by atoms with van der Waals surface area (Å²) in [6.07, 6.45) is 4.21. The third kappa shape index (κ3) is 5.22. The minimum atomic E-state index is -0.255. The number of hydrogen-bond donors (Lipinski definition) is 0. The first-order chi connectivity index (χ1) is 18.9. The molecule has 0 unspecified atom stereocenters. The number of halogens is 1. The number of aryl methyl sites for hydroxylation is 1. The van der Waals surface area contributed by atoms with Crippen LogP contribution in [-0.2, 0) is 33.1 Å². The molecule has 6 rings (SSSR count). The van der Waals surface area contributed by atoms with Gasteiger partial charge in [0.2, 0.25) is 0 Å². The van der Waals surface area contributed by atoms with Gasteiger partial charge in [-0.05, 0) is 66.1 Å². The Bertz CT molecular complexity index is 1650. The number of likely N-dealkylation sites (N-methyl/N-ethyl adjacent to an activating group) is 1. The van der Waals surface area contributed by atoms with E-state index in [1.54, 1.807) is 23.2 Å². The van der Waals surface area contributed by atoms with E-state index in [-0.39, 0.29) is 11.7 Å². The largest absolute Gasteiger partial charge is 0.339 e. The van der Waals surface area contributed by atoms with Gasteiger partial charge >= 0.3 is 0 Å². The number of rotatable bonds is 1. The summed E-state index contributed by atoms with van der Waals surface area (Å²) in [5.74, 6) is -0.320. The summed E-state index contributed by atoms with van der Waals surface area (Å²) in [7, 11) is 3.98. The molecule has 3 aromatic carbocycles. The van der Waals surface area contributed by atoms with Gasteiger partial charge in [0.1, 0.15) is 11.5 Å². The maximum Gasteiger partial charge on any atom is 0.272 e. The van der Waals surface area contributed by atoms with Crippen LogP contribution >= 0.6 is 0 Å². The van der Waals surface area contributed by atoms with Crippen molar-refractivity contribution in [2.24, 2.45) is 7.05 Å². The highest BCUT2D eigenvalue weighted by molar-refractivity contribution is 5.92. The van der Waals surface area contributed by atoms with Crippen LogP contribution in [0.25, 0.3) is 22.2 Å². The number of carbonyl (C=O) groups is 1. The predicted molar refractivity (Wildman–Crippen MR) is 152 cm³/mol. The Balaban J connectivity index is 1.46. The zero-order chi connectivity index (χ0) is 26.9. The SMILES string of the molecule is CN1CCc2cccc(c2)-c2cc3cc(F)ccc3n2CCN(C(=O)c2cncn2C)Cc2cccc(c2)C1. The van der Waals surface area contributed by atoms with E-state index >= 15 is 0 Å². The van der Waals surface area contributed by atoms with Crippen molar-refractivity contribution in [1.82, 2.24) is 23.9 Å². The average molecular weight is 522 g/mol. The van der Waals surface area contributed by atoms with Gasteiger partial charge in [0.15, 0.2) is 0 Å². The molecule has 0 spiro atoms. The van der Waals surface area contributed by atoms with E-state index in [9.17, 15) is 9.18 Å². The summed E-state index contributed by atoms with van der Waals surface area (Å²) in [6, 6.07) is 24.1. The van der Waals surface area contributed by atoms with Crippen LogP contribution in [0.3, 0.4) is 0 Å². The van der Waals surface area contributed by atoms with Gasteiger partial charge in [-0.25, -0.2) is 9.37 Å². The molecule has 3 heterocycles. The normalized spacial score (nSPS) is 14.9. The lowest BCUT2D eigenvalue weighted by atomic mass is 10.0. The third-order valence-corrected chi connectivity index (χ3v) is 7.60. The van der Waals surface area contributed by atoms with Crippen LogP contribution in [0.15, 0.2) is 85.3 Å². The number of imidazole rings is 1. The second-order valence-corrected chi connectivity index (χ2v) is 10.5. The monoisotopic (exact) mass is 521 g/mol. The highest BCUT2D eigenvalue weighted by Gasteiger charge is 2.21. The van der Waals surface area contributed by atoms with E-state index in [0.29, 0.717) is 25.3 Å². The molecule has 1 amide bonds. The minimum Gasteiger partial charge on any atom is -0.339 e. The Morgan fingerprint density at radius 2 is 1.64 bits per heavy atom. The van der Waals surface area contributed by atoms with Gasteiger partial charge in [-0.3, -0.25) is 4.79 Å². The molecule has 5 aromatic rings. The van der Waals surface area contributed by atoms with Crippen LogP contribution in [0.1, 0.15) is 27.2 Å². The lowest BCUT2D eigenvalue weighted by molar-refractivity contribution is 0.0728. The maximum absolute atomic E-state index is 14.2. The van der Waals surface area contributed by atoms with Gasteiger partial charge in [0.05, 0.1) is 12.5 Å². The van der Waals surface area contributed by atoms with E-state index in [0.717, 1.165) is 47.2 Å². The minimum absolute atomic E-state index is 0.0651. The fourth-order valence-corrected chi connectivity index (χ4v) is 5.56. The summed E-state index contributed by atoms with van der Waals surface area (Å²) >= 11 is 0. The number of amides is 1. The summed E-state index contributed by atoms with van der Waals surface area (Å²) < 4.78 is 18.2. The molecule has 0 N–H and O–H groups in total. The van der Waals surface area contributed by atoms with Crippen molar-refractivity contribution in [3.63, 3.8) is 0 Å². The molecule has 6 nitrogen and oxygen atoms in total. The van der Waals surface area contributed by atoms with Crippen LogP contribution in [-0.4, -0.2) is 50.0 Å². The van der Waals surface area contributed by atoms with E-state index < -0.39 is 0 Å². The highest BCUT2D eigenvalue weighted by atomic mass is 19.1. The molecule has 0 atom stereocenters. The Morgan fingerprint density at radius 1 is 0.846 bits per heavy atom. The Hall–Kier alpha value is -4.23. The smallest absolute Gasteiger partial charge is 0.272 e. The van der Waals surface area contributed by atoms with Crippen LogP contribution in [0, 0.1) is 5.82 Å².